The van der Waals surface area contributed by atoms with Gasteiger partial charge in [-0.05, 0) is 38.1 Å². The summed E-state index contributed by atoms with van der Waals surface area (Å²) in [6.45, 7) is 10.6. The SMILES string of the molecule is CCN(CC)Cc1ccccc1NC1CCOC1C. The number of hydrogen-bond acceptors (Lipinski definition) is 3. The van der Waals surface area contributed by atoms with E-state index >= 15 is 0 Å². The highest BCUT2D eigenvalue weighted by Gasteiger charge is 2.24. The lowest BCUT2D eigenvalue weighted by molar-refractivity contribution is 0.121. The second kappa shape index (κ2) is 6.92. The predicted molar refractivity (Wildman–Crippen MR) is 80.5 cm³/mol. The number of benzene rings is 1. The minimum Gasteiger partial charge on any atom is -0.379 e. The van der Waals surface area contributed by atoms with Gasteiger partial charge in [-0.15, -0.1) is 0 Å². The Balaban J connectivity index is 2.07. The van der Waals surface area contributed by atoms with Crippen LogP contribution in [0, 0.1) is 0 Å². The van der Waals surface area contributed by atoms with Crippen LogP contribution in [0.25, 0.3) is 0 Å². The van der Waals surface area contributed by atoms with Gasteiger partial charge in [0.15, 0.2) is 0 Å². The van der Waals surface area contributed by atoms with Crippen molar-refractivity contribution in [3.8, 4) is 0 Å². The highest BCUT2D eigenvalue weighted by atomic mass is 16.5. The van der Waals surface area contributed by atoms with Gasteiger partial charge in [0.05, 0.1) is 12.1 Å². The second-order valence-electron chi connectivity index (χ2n) is 5.23. The fourth-order valence-corrected chi connectivity index (χ4v) is 2.61. The van der Waals surface area contributed by atoms with Crippen LogP contribution < -0.4 is 5.32 Å². The smallest absolute Gasteiger partial charge is 0.0748 e. The van der Waals surface area contributed by atoms with E-state index in [9.17, 15) is 0 Å². The topological polar surface area (TPSA) is 24.5 Å². The molecule has 1 aromatic rings. The van der Waals surface area contributed by atoms with Crippen molar-refractivity contribution in [3.63, 3.8) is 0 Å². The molecule has 0 aliphatic carbocycles. The summed E-state index contributed by atoms with van der Waals surface area (Å²) in [6.07, 6.45) is 1.40. The first kappa shape index (κ1) is 14.4. The molecule has 0 spiro atoms. The molecule has 19 heavy (non-hydrogen) atoms. The molecule has 0 aromatic heterocycles. The molecule has 1 aromatic carbocycles. The van der Waals surface area contributed by atoms with E-state index in [1.54, 1.807) is 0 Å². The Morgan fingerprint density at radius 2 is 2.00 bits per heavy atom. The molecule has 106 valence electrons. The molecule has 2 atom stereocenters. The largest absolute Gasteiger partial charge is 0.379 e. The first-order valence-electron chi connectivity index (χ1n) is 7.43. The van der Waals surface area contributed by atoms with Gasteiger partial charge in [-0.2, -0.15) is 0 Å². The summed E-state index contributed by atoms with van der Waals surface area (Å²) in [5.41, 5.74) is 2.64. The van der Waals surface area contributed by atoms with E-state index in [0.29, 0.717) is 12.1 Å². The molecule has 1 aliphatic heterocycles. The number of nitrogens with zero attached hydrogens (tertiary/aromatic N) is 1. The van der Waals surface area contributed by atoms with Crippen LogP contribution >= 0.6 is 0 Å². The summed E-state index contributed by atoms with van der Waals surface area (Å²) >= 11 is 0. The molecule has 0 radical (unpaired) electrons. The first-order valence-corrected chi connectivity index (χ1v) is 7.43. The van der Waals surface area contributed by atoms with Gasteiger partial charge < -0.3 is 10.1 Å². The fraction of sp³-hybridized carbons (Fsp3) is 0.625. The van der Waals surface area contributed by atoms with Crippen LogP contribution in [0.3, 0.4) is 0 Å². The van der Waals surface area contributed by atoms with E-state index in [4.69, 9.17) is 4.74 Å². The lowest BCUT2D eigenvalue weighted by Crippen LogP contribution is -2.28. The summed E-state index contributed by atoms with van der Waals surface area (Å²) in [7, 11) is 0. The number of nitrogens with one attached hydrogen (secondary N) is 1. The van der Waals surface area contributed by atoms with Gasteiger partial charge in [0, 0.05) is 18.8 Å². The maximum absolute atomic E-state index is 5.63. The average Bonchev–Trinajstić information content (AvgIpc) is 2.83. The van der Waals surface area contributed by atoms with Crippen molar-refractivity contribution in [1.29, 1.82) is 0 Å². The summed E-state index contributed by atoms with van der Waals surface area (Å²) < 4.78 is 5.63. The molecule has 2 unspecified atom stereocenters. The van der Waals surface area contributed by atoms with Gasteiger partial charge in [-0.25, -0.2) is 0 Å². The Morgan fingerprint density at radius 3 is 2.63 bits per heavy atom. The minimum atomic E-state index is 0.307. The monoisotopic (exact) mass is 262 g/mol. The lowest BCUT2D eigenvalue weighted by atomic mass is 10.1. The normalized spacial score (nSPS) is 22.9. The van der Waals surface area contributed by atoms with Gasteiger partial charge in [0.2, 0.25) is 0 Å². The zero-order valence-electron chi connectivity index (χ0n) is 12.4. The fourth-order valence-electron chi connectivity index (χ4n) is 2.61. The van der Waals surface area contributed by atoms with Gasteiger partial charge in [-0.1, -0.05) is 32.0 Å². The lowest BCUT2D eigenvalue weighted by Gasteiger charge is -2.23. The molecule has 3 nitrogen and oxygen atoms in total. The summed E-state index contributed by atoms with van der Waals surface area (Å²) in [5.74, 6) is 0. The van der Waals surface area contributed by atoms with Crippen LogP contribution in [0.5, 0.6) is 0 Å². The maximum Gasteiger partial charge on any atom is 0.0748 e. The van der Waals surface area contributed by atoms with Crippen molar-refractivity contribution in [2.75, 3.05) is 25.0 Å². The molecule has 1 N–H and O–H groups in total. The third-order valence-electron chi connectivity index (χ3n) is 4.02. The standard InChI is InChI=1S/C16H26N2O/c1-4-18(5-2)12-14-8-6-7-9-16(14)17-15-10-11-19-13(15)3/h6-9,13,15,17H,4-5,10-12H2,1-3H3. The van der Waals surface area contributed by atoms with Crippen LogP contribution in [0.2, 0.25) is 0 Å². The molecule has 0 bridgehead atoms. The molecule has 1 aliphatic rings. The van der Waals surface area contributed by atoms with E-state index in [1.165, 1.54) is 11.3 Å². The zero-order valence-corrected chi connectivity index (χ0v) is 12.4. The van der Waals surface area contributed by atoms with E-state index in [2.05, 4.69) is 55.3 Å². The quantitative estimate of drug-likeness (QED) is 0.852. The van der Waals surface area contributed by atoms with Crippen molar-refractivity contribution < 1.29 is 4.74 Å². The van der Waals surface area contributed by atoms with Crippen LogP contribution in [0.1, 0.15) is 32.8 Å². The van der Waals surface area contributed by atoms with Crippen LogP contribution in [0.15, 0.2) is 24.3 Å². The number of para-hydroxylation sites is 1. The highest BCUT2D eigenvalue weighted by Crippen LogP contribution is 2.23. The molecule has 2 rings (SSSR count). The Hall–Kier alpha value is -1.06. The highest BCUT2D eigenvalue weighted by molar-refractivity contribution is 5.52. The van der Waals surface area contributed by atoms with Crippen LogP contribution in [-0.2, 0) is 11.3 Å². The Labute approximate surface area is 116 Å². The van der Waals surface area contributed by atoms with Gasteiger partial charge in [-0.3, -0.25) is 4.90 Å². The average molecular weight is 262 g/mol. The van der Waals surface area contributed by atoms with Gasteiger partial charge >= 0.3 is 0 Å². The number of ether oxygens (including phenoxy) is 1. The molecular formula is C16H26N2O. The molecule has 0 amide bonds. The Kier molecular flexibility index (Phi) is 5.23. The van der Waals surface area contributed by atoms with Crippen LogP contribution in [0.4, 0.5) is 5.69 Å². The van der Waals surface area contributed by atoms with Crippen molar-refractivity contribution in [2.45, 2.75) is 45.9 Å². The van der Waals surface area contributed by atoms with Crippen molar-refractivity contribution in [1.82, 2.24) is 4.90 Å². The number of anilines is 1. The number of rotatable bonds is 6. The molecule has 1 fully saturated rings. The van der Waals surface area contributed by atoms with E-state index in [-0.39, 0.29) is 0 Å². The van der Waals surface area contributed by atoms with Crippen LogP contribution in [-0.4, -0.2) is 36.7 Å². The molecule has 0 saturated carbocycles. The third-order valence-corrected chi connectivity index (χ3v) is 4.02. The number of hydrogen-bond donors (Lipinski definition) is 1. The molecule has 1 saturated heterocycles. The minimum absolute atomic E-state index is 0.307. The summed E-state index contributed by atoms with van der Waals surface area (Å²) in [4.78, 5) is 2.44. The van der Waals surface area contributed by atoms with Gasteiger partial charge in [0.25, 0.3) is 0 Å². The first-order chi connectivity index (χ1) is 9.24. The predicted octanol–water partition coefficient (Wildman–Crippen LogP) is 3.12. The Bertz CT molecular complexity index is 390. The molecule has 3 heteroatoms. The van der Waals surface area contributed by atoms with E-state index in [1.807, 2.05) is 0 Å². The van der Waals surface area contributed by atoms with Crippen molar-refractivity contribution in [2.24, 2.45) is 0 Å². The second-order valence-corrected chi connectivity index (χ2v) is 5.23. The third kappa shape index (κ3) is 3.71. The molecule has 1 heterocycles. The zero-order chi connectivity index (χ0) is 13.7. The summed E-state index contributed by atoms with van der Waals surface area (Å²) in [5, 5.41) is 3.66. The van der Waals surface area contributed by atoms with Crippen molar-refractivity contribution >= 4 is 5.69 Å². The Morgan fingerprint density at radius 1 is 1.26 bits per heavy atom. The molecular weight excluding hydrogens is 236 g/mol. The van der Waals surface area contributed by atoms with E-state index in [0.717, 1.165) is 32.7 Å². The summed E-state index contributed by atoms with van der Waals surface area (Å²) in [6, 6.07) is 9.08. The van der Waals surface area contributed by atoms with E-state index < -0.39 is 0 Å². The van der Waals surface area contributed by atoms with Crippen molar-refractivity contribution in [3.05, 3.63) is 29.8 Å². The maximum atomic E-state index is 5.63. The van der Waals surface area contributed by atoms with Gasteiger partial charge in [0.1, 0.15) is 0 Å².